The third-order valence-corrected chi connectivity index (χ3v) is 3.09. The second-order valence-corrected chi connectivity index (χ2v) is 3.73. The van der Waals surface area contributed by atoms with Crippen molar-refractivity contribution in [2.75, 3.05) is 19.6 Å². The molecule has 0 spiro atoms. The van der Waals surface area contributed by atoms with Crippen LogP contribution in [0.2, 0.25) is 0 Å². The van der Waals surface area contributed by atoms with E-state index in [-0.39, 0.29) is 0 Å². The first-order valence-electron chi connectivity index (χ1n) is 4.58. The van der Waals surface area contributed by atoms with Gasteiger partial charge in [-0.3, -0.25) is 0 Å². The van der Waals surface area contributed by atoms with Gasteiger partial charge in [-0.25, -0.2) is 0 Å². The monoisotopic (exact) mass is 150 g/mol. The van der Waals surface area contributed by atoms with E-state index >= 15 is 0 Å². The predicted octanol–water partition coefficient (Wildman–Crippen LogP) is 1.72. The summed E-state index contributed by atoms with van der Waals surface area (Å²) in [5, 5.41) is 0. The zero-order valence-electron chi connectivity index (χ0n) is 7.00. The summed E-state index contributed by atoms with van der Waals surface area (Å²) in [6.45, 7) is 7.73. The molecule has 0 aliphatic carbocycles. The first-order valence-corrected chi connectivity index (χ1v) is 4.58. The first kappa shape index (κ1) is 7.35. The molecule has 3 aliphatic rings. The molecule has 0 aromatic carbocycles. The molecule has 1 heteroatoms. The minimum absolute atomic E-state index is 0.815. The van der Waals surface area contributed by atoms with Gasteiger partial charge in [0.1, 0.15) is 0 Å². The van der Waals surface area contributed by atoms with E-state index in [1.807, 2.05) is 6.08 Å². The lowest BCUT2D eigenvalue weighted by Gasteiger charge is -2.44. The molecule has 3 rings (SSSR count). The van der Waals surface area contributed by atoms with Gasteiger partial charge in [-0.1, -0.05) is 6.08 Å². The summed E-state index contributed by atoms with van der Waals surface area (Å²) in [6.07, 6.45) is 7.08. The Kier molecular flexibility index (Phi) is 1.99. The molecule has 0 N–H and O–H groups in total. The molecule has 3 heterocycles. The van der Waals surface area contributed by atoms with Crippen molar-refractivity contribution in [2.24, 2.45) is 11.8 Å². The molecule has 61 valence electrons. The molecule has 3 aliphatic heterocycles. The Morgan fingerprint density at radius 2 is 2.00 bits per heavy atom. The normalized spacial score (nSPS) is 42.4. The Balaban J connectivity index is 1.97. The van der Waals surface area contributed by atoms with Crippen LogP contribution in [0.15, 0.2) is 12.7 Å². The van der Waals surface area contributed by atoms with E-state index in [0.717, 1.165) is 11.8 Å². The lowest BCUT2D eigenvalue weighted by atomic mass is 9.77. The minimum Gasteiger partial charge on any atom is -0.303 e. The number of allylic oxidation sites excluding steroid dienone is 1. The van der Waals surface area contributed by atoms with Gasteiger partial charge in [0.25, 0.3) is 0 Å². The van der Waals surface area contributed by atoms with Gasteiger partial charge in [0.05, 0.1) is 0 Å². The summed E-state index contributed by atoms with van der Waals surface area (Å²) in [5.41, 5.74) is 0. The Morgan fingerprint density at radius 3 is 2.45 bits per heavy atom. The summed E-state index contributed by atoms with van der Waals surface area (Å²) in [5.74, 6) is 1.79. The van der Waals surface area contributed by atoms with Gasteiger partial charge in [-0.2, -0.15) is 0 Å². The fourth-order valence-electron chi connectivity index (χ4n) is 2.40. The molecular formula is C10H16N. The maximum Gasteiger partial charge on any atom is 0.00182 e. The van der Waals surface area contributed by atoms with Crippen LogP contribution in [0.3, 0.4) is 0 Å². The summed E-state index contributed by atoms with van der Waals surface area (Å²) in [7, 11) is 0. The summed E-state index contributed by atoms with van der Waals surface area (Å²) in [4.78, 5) is 2.57. The van der Waals surface area contributed by atoms with Gasteiger partial charge in [-0.15, -0.1) is 6.58 Å². The zero-order valence-corrected chi connectivity index (χ0v) is 7.00. The van der Waals surface area contributed by atoms with Gasteiger partial charge in [0.2, 0.25) is 0 Å². The zero-order chi connectivity index (χ0) is 7.68. The molecule has 0 amide bonds. The van der Waals surface area contributed by atoms with Crippen LogP contribution in [0.5, 0.6) is 0 Å². The second kappa shape index (κ2) is 2.98. The maximum atomic E-state index is 3.76. The van der Waals surface area contributed by atoms with E-state index in [1.54, 1.807) is 0 Å². The first-order chi connectivity index (χ1) is 5.40. The summed E-state index contributed by atoms with van der Waals surface area (Å²) >= 11 is 0. The Bertz CT molecular complexity index is 145. The van der Waals surface area contributed by atoms with Gasteiger partial charge in [0.15, 0.2) is 0 Å². The highest BCUT2D eigenvalue weighted by molar-refractivity contribution is 5.00. The molecule has 1 atom stereocenters. The van der Waals surface area contributed by atoms with Crippen molar-refractivity contribution in [1.82, 2.24) is 4.90 Å². The molecule has 3 fully saturated rings. The third kappa shape index (κ3) is 1.34. The number of hydrogen-bond donors (Lipinski definition) is 0. The predicted molar refractivity (Wildman–Crippen MR) is 47.2 cm³/mol. The SMILES string of the molecule is C=C[CH]C1CN2CCC1CC2. The molecule has 3 saturated heterocycles. The molecule has 2 bridgehead atoms. The smallest absolute Gasteiger partial charge is 0.00182 e. The number of nitrogens with zero attached hydrogens (tertiary/aromatic N) is 1. The van der Waals surface area contributed by atoms with Crippen molar-refractivity contribution < 1.29 is 0 Å². The molecule has 11 heavy (non-hydrogen) atoms. The van der Waals surface area contributed by atoms with Gasteiger partial charge in [0, 0.05) is 6.54 Å². The van der Waals surface area contributed by atoms with Crippen molar-refractivity contribution in [3.63, 3.8) is 0 Å². The van der Waals surface area contributed by atoms with Gasteiger partial charge in [-0.05, 0) is 44.2 Å². The Labute approximate surface area is 69.1 Å². The van der Waals surface area contributed by atoms with Crippen LogP contribution in [0.25, 0.3) is 0 Å². The maximum absolute atomic E-state index is 3.76. The van der Waals surface area contributed by atoms with Crippen LogP contribution < -0.4 is 0 Å². The van der Waals surface area contributed by atoms with Crippen LogP contribution >= 0.6 is 0 Å². The molecule has 0 saturated carbocycles. The molecular weight excluding hydrogens is 134 g/mol. The van der Waals surface area contributed by atoms with Crippen molar-refractivity contribution in [1.29, 1.82) is 0 Å². The summed E-state index contributed by atoms with van der Waals surface area (Å²) < 4.78 is 0. The Hall–Kier alpha value is -0.300. The van der Waals surface area contributed by atoms with E-state index in [0.29, 0.717) is 0 Å². The largest absolute Gasteiger partial charge is 0.303 e. The number of fused-ring (bicyclic) bond motifs is 3. The highest BCUT2D eigenvalue weighted by Crippen LogP contribution is 2.33. The average Bonchev–Trinajstić information content (AvgIpc) is 2.07. The van der Waals surface area contributed by atoms with Gasteiger partial charge >= 0.3 is 0 Å². The van der Waals surface area contributed by atoms with E-state index < -0.39 is 0 Å². The molecule has 0 aromatic heterocycles. The fourth-order valence-corrected chi connectivity index (χ4v) is 2.40. The van der Waals surface area contributed by atoms with E-state index in [2.05, 4.69) is 17.9 Å². The van der Waals surface area contributed by atoms with Crippen molar-refractivity contribution in [3.05, 3.63) is 19.1 Å². The molecule has 1 radical (unpaired) electrons. The highest BCUT2D eigenvalue weighted by atomic mass is 15.1. The molecule has 0 aromatic rings. The minimum atomic E-state index is 0.815. The number of piperidine rings is 3. The van der Waals surface area contributed by atoms with Crippen molar-refractivity contribution in [2.45, 2.75) is 12.8 Å². The van der Waals surface area contributed by atoms with Crippen LogP contribution in [-0.2, 0) is 0 Å². The van der Waals surface area contributed by atoms with Crippen molar-refractivity contribution in [3.8, 4) is 0 Å². The van der Waals surface area contributed by atoms with E-state index in [9.17, 15) is 0 Å². The lowest BCUT2D eigenvalue weighted by Crippen LogP contribution is -2.47. The molecule has 1 nitrogen and oxygen atoms in total. The van der Waals surface area contributed by atoms with Crippen LogP contribution in [0.1, 0.15) is 12.8 Å². The number of hydrogen-bond acceptors (Lipinski definition) is 1. The second-order valence-electron chi connectivity index (χ2n) is 3.73. The standard InChI is InChI=1S/C10H16N/c1-2-3-10-8-11-6-4-9(10)5-7-11/h2-3,9-10H,1,4-8H2. The molecule has 1 unspecified atom stereocenters. The quantitative estimate of drug-likeness (QED) is 0.579. The Morgan fingerprint density at radius 1 is 1.27 bits per heavy atom. The van der Waals surface area contributed by atoms with Gasteiger partial charge < -0.3 is 4.90 Å². The van der Waals surface area contributed by atoms with Crippen LogP contribution in [0, 0.1) is 18.3 Å². The average molecular weight is 150 g/mol. The summed E-state index contributed by atoms with van der Waals surface area (Å²) in [6, 6.07) is 0. The third-order valence-electron chi connectivity index (χ3n) is 3.09. The van der Waals surface area contributed by atoms with E-state index in [1.165, 1.54) is 32.5 Å². The van der Waals surface area contributed by atoms with E-state index in [4.69, 9.17) is 0 Å². The van der Waals surface area contributed by atoms with Crippen LogP contribution in [-0.4, -0.2) is 24.5 Å². The van der Waals surface area contributed by atoms with Crippen molar-refractivity contribution >= 4 is 0 Å². The topological polar surface area (TPSA) is 3.24 Å². The number of rotatable bonds is 2. The van der Waals surface area contributed by atoms with Crippen LogP contribution in [0.4, 0.5) is 0 Å². The lowest BCUT2D eigenvalue weighted by molar-refractivity contribution is 0.0683. The fraction of sp³-hybridized carbons (Fsp3) is 0.700. The highest BCUT2D eigenvalue weighted by Gasteiger charge is 2.32.